The van der Waals surface area contributed by atoms with Crippen molar-refractivity contribution in [2.45, 2.75) is 45.6 Å². The van der Waals surface area contributed by atoms with Crippen LogP contribution in [0.5, 0.6) is 0 Å². The predicted octanol–water partition coefficient (Wildman–Crippen LogP) is 1.47. The number of nitrogens with one attached hydrogen (secondary N) is 1. The summed E-state index contributed by atoms with van der Waals surface area (Å²) in [7, 11) is 3.86. The van der Waals surface area contributed by atoms with Gasteiger partial charge in [-0.25, -0.2) is 0 Å². The normalized spacial score (nSPS) is 21.5. The zero-order valence-electron chi connectivity index (χ0n) is 13.4. The molecule has 1 aromatic heterocycles. The van der Waals surface area contributed by atoms with E-state index in [2.05, 4.69) is 25.4 Å². The Hall–Kier alpha value is -1.59. The fraction of sp³-hybridized carbons (Fsp3) is 0.800. The largest absolute Gasteiger partial charge is 0.349 e. The standard InChI is InChI=1S/C15H26N6/c1-12-18-19-13(20(12)3)10-17-14(16-2)21-9-8-15(11-21)6-4-5-7-15/h4-11H2,1-3H3,(H,16,17). The van der Waals surface area contributed by atoms with Crippen molar-refractivity contribution in [3.05, 3.63) is 11.6 Å². The summed E-state index contributed by atoms with van der Waals surface area (Å²) in [6.45, 7) is 4.92. The maximum absolute atomic E-state index is 4.45. The van der Waals surface area contributed by atoms with Gasteiger partial charge in [-0.2, -0.15) is 0 Å². The van der Waals surface area contributed by atoms with Gasteiger partial charge in [0.1, 0.15) is 5.82 Å². The molecule has 6 nitrogen and oxygen atoms in total. The Kier molecular flexibility index (Phi) is 3.87. The van der Waals surface area contributed by atoms with Crippen LogP contribution in [-0.2, 0) is 13.6 Å². The summed E-state index contributed by atoms with van der Waals surface area (Å²) >= 11 is 0. The Morgan fingerprint density at radius 1 is 1.29 bits per heavy atom. The lowest BCUT2D eigenvalue weighted by atomic mass is 9.86. The number of aliphatic imine (C=N–C) groups is 1. The maximum atomic E-state index is 4.45. The molecule has 6 heteroatoms. The molecule has 1 aliphatic heterocycles. The van der Waals surface area contributed by atoms with Crippen molar-refractivity contribution in [1.82, 2.24) is 25.0 Å². The average molecular weight is 290 g/mol. The second-order valence-electron chi connectivity index (χ2n) is 6.50. The molecule has 0 aromatic carbocycles. The number of hydrogen-bond acceptors (Lipinski definition) is 3. The third-order valence-corrected chi connectivity index (χ3v) is 5.20. The fourth-order valence-corrected chi connectivity index (χ4v) is 3.74. The zero-order valence-corrected chi connectivity index (χ0v) is 13.4. The van der Waals surface area contributed by atoms with Gasteiger partial charge in [-0.05, 0) is 31.6 Å². The molecule has 1 N–H and O–H groups in total. The Morgan fingerprint density at radius 3 is 2.67 bits per heavy atom. The fourth-order valence-electron chi connectivity index (χ4n) is 3.74. The number of guanidine groups is 1. The van der Waals surface area contributed by atoms with E-state index in [9.17, 15) is 0 Å². The number of aryl methyl sites for hydroxylation is 1. The van der Waals surface area contributed by atoms with E-state index < -0.39 is 0 Å². The molecule has 2 heterocycles. The highest BCUT2D eigenvalue weighted by Gasteiger charge is 2.41. The molecule has 0 bridgehead atoms. The minimum Gasteiger partial charge on any atom is -0.349 e. The van der Waals surface area contributed by atoms with E-state index in [0.29, 0.717) is 12.0 Å². The van der Waals surface area contributed by atoms with Crippen LogP contribution >= 0.6 is 0 Å². The number of likely N-dealkylation sites (tertiary alicyclic amines) is 1. The Bertz CT molecular complexity index is 526. The number of aromatic nitrogens is 3. The molecule has 1 aromatic rings. The first-order valence-corrected chi connectivity index (χ1v) is 7.94. The zero-order chi connectivity index (χ0) is 14.9. The molecule has 1 spiro atoms. The lowest BCUT2D eigenvalue weighted by Crippen LogP contribution is -2.41. The second-order valence-corrected chi connectivity index (χ2v) is 6.50. The van der Waals surface area contributed by atoms with Crippen LogP contribution in [0.2, 0.25) is 0 Å². The van der Waals surface area contributed by atoms with E-state index in [0.717, 1.165) is 30.7 Å². The highest BCUT2D eigenvalue weighted by molar-refractivity contribution is 5.80. The van der Waals surface area contributed by atoms with Gasteiger partial charge in [0.15, 0.2) is 11.8 Å². The number of rotatable bonds is 2. The van der Waals surface area contributed by atoms with Gasteiger partial charge in [-0.15, -0.1) is 10.2 Å². The highest BCUT2D eigenvalue weighted by atomic mass is 15.3. The molecule has 1 saturated carbocycles. The molecule has 2 aliphatic rings. The smallest absolute Gasteiger partial charge is 0.194 e. The van der Waals surface area contributed by atoms with Crippen LogP contribution in [0.3, 0.4) is 0 Å². The Balaban J connectivity index is 1.60. The molecule has 1 aliphatic carbocycles. The summed E-state index contributed by atoms with van der Waals surface area (Å²) in [5, 5.41) is 11.7. The van der Waals surface area contributed by atoms with Crippen molar-refractivity contribution < 1.29 is 0 Å². The minimum atomic E-state index is 0.568. The van der Waals surface area contributed by atoms with Gasteiger partial charge in [-0.1, -0.05) is 12.8 Å². The highest BCUT2D eigenvalue weighted by Crippen LogP contribution is 2.45. The van der Waals surface area contributed by atoms with E-state index in [1.165, 1.54) is 32.1 Å². The Morgan fingerprint density at radius 2 is 2.05 bits per heavy atom. The minimum absolute atomic E-state index is 0.568. The number of nitrogens with zero attached hydrogens (tertiary/aromatic N) is 5. The molecule has 0 atom stereocenters. The molecule has 116 valence electrons. The summed E-state index contributed by atoms with van der Waals surface area (Å²) in [6.07, 6.45) is 6.90. The van der Waals surface area contributed by atoms with Crippen molar-refractivity contribution in [3.8, 4) is 0 Å². The van der Waals surface area contributed by atoms with Crippen LogP contribution in [0.15, 0.2) is 4.99 Å². The van der Waals surface area contributed by atoms with Crippen LogP contribution in [0.4, 0.5) is 0 Å². The summed E-state index contributed by atoms with van der Waals surface area (Å²) in [6, 6.07) is 0. The average Bonchev–Trinajstić information content (AvgIpc) is 3.19. The maximum Gasteiger partial charge on any atom is 0.194 e. The van der Waals surface area contributed by atoms with Gasteiger partial charge >= 0.3 is 0 Å². The summed E-state index contributed by atoms with van der Waals surface area (Å²) in [5.41, 5.74) is 0.568. The van der Waals surface area contributed by atoms with Gasteiger partial charge in [0.25, 0.3) is 0 Å². The van der Waals surface area contributed by atoms with Crippen LogP contribution < -0.4 is 5.32 Å². The lowest BCUT2D eigenvalue weighted by Gasteiger charge is -2.25. The second kappa shape index (κ2) is 5.66. The Labute approximate surface area is 126 Å². The predicted molar refractivity (Wildman–Crippen MR) is 83.0 cm³/mol. The van der Waals surface area contributed by atoms with Crippen molar-refractivity contribution in [3.63, 3.8) is 0 Å². The van der Waals surface area contributed by atoms with Gasteiger partial charge in [0.05, 0.1) is 6.54 Å². The SMILES string of the molecule is CN=C(NCc1nnc(C)n1C)N1CCC2(CCCC2)C1. The topological polar surface area (TPSA) is 58.3 Å². The van der Waals surface area contributed by atoms with E-state index >= 15 is 0 Å². The van der Waals surface area contributed by atoms with Crippen LogP contribution in [0.1, 0.15) is 43.8 Å². The first-order valence-electron chi connectivity index (χ1n) is 7.94. The van der Waals surface area contributed by atoms with Crippen LogP contribution in [-0.4, -0.2) is 45.8 Å². The van der Waals surface area contributed by atoms with Gasteiger partial charge < -0.3 is 14.8 Å². The van der Waals surface area contributed by atoms with Crippen LogP contribution in [0, 0.1) is 12.3 Å². The first-order chi connectivity index (χ1) is 10.1. The van der Waals surface area contributed by atoms with Crippen molar-refractivity contribution >= 4 is 5.96 Å². The third-order valence-electron chi connectivity index (χ3n) is 5.20. The lowest BCUT2D eigenvalue weighted by molar-refractivity contribution is 0.309. The van der Waals surface area contributed by atoms with Crippen LogP contribution in [0.25, 0.3) is 0 Å². The quantitative estimate of drug-likeness (QED) is 0.662. The van der Waals surface area contributed by atoms with Gasteiger partial charge in [0, 0.05) is 27.2 Å². The summed E-state index contributed by atoms with van der Waals surface area (Å²) in [4.78, 5) is 6.86. The van der Waals surface area contributed by atoms with E-state index in [4.69, 9.17) is 0 Å². The monoisotopic (exact) mass is 290 g/mol. The van der Waals surface area contributed by atoms with E-state index in [-0.39, 0.29) is 0 Å². The van der Waals surface area contributed by atoms with Crippen molar-refractivity contribution in [2.75, 3.05) is 20.1 Å². The molecular weight excluding hydrogens is 264 g/mol. The summed E-state index contributed by atoms with van der Waals surface area (Å²) < 4.78 is 2.02. The molecule has 2 fully saturated rings. The van der Waals surface area contributed by atoms with Crippen molar-refractivity contribution in [1.29, 1.82) is 0 Å². The molecule has 1 saturated heterocycles. The van der Waals surface area contributed by atoms with Crippen molar-refractivity contribution in [2.24, 2.45) is 17.5 Å². The third kappa shape index (κ3) is 2.76. The molecular formula is C15H26N6. The molecule has 0 amide bonds. The van der Waals surface area contributed by atoms with Gasteiger partial charge in [-0.3, -0.25) is 4.99 Å². The number of hydrogen-bond donors (Lipinski definition) is 1. The molecule has 3 rings (SSSR count). The molecule has 0 unspecified atom stereocenters. The first kappa shape index (κ1) is 14.4. The van der Waals surface area contributed by atoms with E-state index in [1.807, 2.05) is 25.6 Å². The molecule has 0 radical (unpaired) electrons. The van der Waals surface area contributed by atoms with Gasteiger partial charge in [0.2, 0.25) is 0 Å². The molecule has 21 heavy (non-hydrogen) atoms. The summed E-state index contributed by atoms with van der Waals surface area (Å²) in [5.74, 6) is 2.88. The van der Waals surface area contributed by atoms with E-state index in [1.54, 1.807) is 0 Å².